The van der Waals surface area contributed by atoms with Gasteiger partial charge in [-0.05, 0) is 43.5 Å². The standard InChI is InChI=1S/C21H21FN6S/c1-25(13-16-12-23-27(14-16)17-8-4-3-5-9-17)15-28-21(29)26(2)20(24-28)18-10-6-7-11-19(18)22/h3-12,14H,13,15H2,1-2H3. The minimum absolute atomic E-state index is 0.315. The monoisotopic (exact) mass is 408 g/mol. The quantitative estimate of drug-likeness (QED) is 0.452. The van der Waals surface area contributed by atoms with E-state index in [1.54, 1.807) is 34.5 Å². The van der Waals surface area contributed by atoms with Crippen molar-refractivity contribution in [2.45, 2.75) is 13.2 Å². The lowest BCUT2D eigenvalue weighted by Crippen LogP contribution is -2.22. The Labute approximate surface area is 173 Å². The van der Waals surface area contributed by atoms with Crippen LogP contribution < -0.4 is 0 Å². The topological polar surface area (TPSA) is 43.8 Å². The zero-order valence-electron chi connectivity index (χ0n) is 16.2. The van der Waals surface area contributed by atoms with Gasteiger partial charge >= 0.3 is 0 Å². The average molecular weight is 409 g/mol. The van der Waals surface area contributed by atoms with Crippen LogP contribution in [0.3, 0.4) is 0 Å². The van der Waals surface area contributed by atoms with Gasteiger partial charge in [0.1, 0.15) is 5.82 Å². The predicted molar refractivity (Wildman–Crippen MR) is 112 cm³/mol. The zero-order chi connectivity index (χ0) is 20.4. The molecule has 29 heavy (non-hydrogen) atoms. The molecule has 0 saturated carbocycles. The van der Waals surface area contributed by atoms with Crippen molar-refractivity contribution in [1.82, 2.24) is 29.0 Å². The van der Waals surface area contributed by atoms with Crippen LogP contribution >= 0.6 is 12.2 Å². The Kier molecular flexibility index (Phi) is 5.37. The van der Waals surface area contributed by atoms with Gasteiger partial charge in [-0.25, -0.2) is 13.8 Å². The summed E-state index contributed by atoms with van der Waals surface area (Å²) in [4.78, 5) is 2.08. The van der Waals surface area contributed by atoms with Crippen LogP contribution in [0.15, 0.2) is 67.0 Å². The van der Waals surface area contributed by atoms with E-state index in [9.17, 15) is 4.39 Å². The highest BCUT2D eigenvalue weighted by Crippen LogP contribution is 2.21. The molecule has 2 aromatic heterocycles. The highest BCUT2D eigenvalue weighted by Gasteiger charge is 2.14. The summed E-state index contributed by atoms with van der Waals surface area (Å²) in [5.41, 5.74) is 2.53. The molecule has 2 aromatic carbocycles. The molecule has 0 aliphatic heterocycles. The number of nitrogens with zero attached hydrogens (tertiary/aromatic N) is 6. The average Bonchev–Trinajstić information content (AvgIpc) is 3.29. The molecule has 4 rings (SSSR count). The van der Waals surface area contributed by atoms with E-state index in [0.717, 1.165) is 11.3 Å². The second-order valence-corrected chi connectivity index (χ2v) is 7.29. The molecule has 0 fully saturated rings. The number of benzene rings is 2. The normalized spacial score (nSPS) is 11.3. The van der Waals surface area contributed by atoms with Gasteiger partial charge in [0.15, 0.2) is 10.6 Å². The van der Waals surface area contributed by atoms with Crippen LogP contribution in [0.1, 0.15) is 5.56 Å². The summed E-state index contributed by atoms with van der Waals surface area (Å²) in [6.45, 7) is 1.16. The van der Waals surface area contributed by atoms with E-state index < -0.39 is 0 Å². The van der Waals surface area contributed by atoms with Crippen LogP contribution in [0.4, 0.5) is 4.39 Å². The van der Waals surface area contributed by atoms with Crippen molar-refractivity contribution >= 4 is 12.2 Å². The fourth-order valence-corrected chi connectivity index (χ4v) is 3.40. The van der Waals surface area contributed by atoms with E-state index in [1.165, 1.54) is 6.07 Å². The molecule has 0 spiro atoms. The molecule has 0 aliphatic carbocycles. The Morgan fingerprint density at radius 1 is 1.07 bits per heavy atom. The first-order chi connectivity index (χ1) is 14.0. The van der Waals surface area contributed by atoms with Crippen LogP contribution in [0.25, 0.3) is 17.1 Å². The molecule has 8 heteroatoms. The molecule has 6 nitrogen and oxygen atoms in total. The lowest BCUT2D eigenvalue weighted by atomic mass is 10.2. The fraction of sp³-hybridized carbons (Fsp3) is 0.190. The van der Waals surface area contributed by atoms with Crippen molar-refractivity contribution in [3.63, 3.8) is 0 Å². The van der Waals surface area contributed by atoms with E-state index >= 15 is 0 Å². The molecule has 0 N–H and O–H groups in total. The molecule has 0 saturated heterocycles. The van der Waals surface area contributed by atoms with Gasteiger partial charge < -0.3 is 4.57 Å². The first kappa shape index (κ1) is 19.2. The Morgan fingerprint density at radius 3 is 2.55 bits per heavy atom. The van der Waals surface area contributed by atoms with Crippen LogP contribution in [-0.4, -0.2) is 36.1 Å². The Bertz CT molecular complexity index is 1180. The van der Waals surface area contributed by atoms with Crippen molar-refractivity contribution in [2.24, 2.45) is 7.05 Å². The second-order valence-electron chi connectivity index (χ2n) is 6.93. The summed E-state index contributed by atoms with van der Waals surface area (Å²) in [5, 5.41) is 8.98. The molecular weight excluding hydrogens is 387 g/mol. The maximum Gasteiger partial charge on any atom is 0.199 e. The Hall–Kier alpha value is -3.10. The van der Waals surface area contributed by atoms with E-state index in [1.807, 2.05) is 54.5 Å². The maximum atomic E-state index is 14.2. The summed E-state index contributed by atoms with van der Waals surface area (Å²) in [5.74, 6) is 0.197. The van der Waals surface area contributed by atoms with Gasteiger partial charge in [0.2, 0.25) is 0 Å². The van der Waals surface area contributed by atoms with Crippen molar-refractivity contribution in [3.8, 4) is 17.1 Å². The van der Waals surface area contributed by atoms with E-state index in [-0.39, 0.29) is 5.82 Å². The fourth-order valence-electron chi connectivity index (χ4n) is 3.21. The van der Waals surface area contributed by atoms with Gasteiger partial charge in [0, 0.05) is 25.4 Å². The Balaban J connectivity index is 1.50. The molecule has 0 radical (unpaired) electrons. The minimum Gasteiger partial charge on any atom is -0.303 e. The van der Waals surface area contributed by atoms with Gasteiger partial charge in [-0.2, -0.15) is 10.2 Å². The molecule has 148 valence electrons. The molecule has 0 unspecified atom stereocenters. The first-order valence-electron chi connectivity index (χ1n) is 9.19. The number of hydrogen-bond donors (Lipinski definition) is 0. The van der Waals surface area contributed by atoms with Crippen LogP contribution in [0, 0.1) is 10.6 Å². The number of rotatable bonds is 6. The van der Waals surface area contributed by atoms with Gasteiger partial charge in [0.05, 0.1) is 24.1 Å². The molecule has 2 heterocycles. The summed E-state index contributed by atoms with van der Waals surface area (Å²) in [6.07, 6.45) is 3.86. The second kappa shape index (κ2) is 8.10. The third-order valence-electron chi connectivity index (χ3n) is 4.64. The number of aromatic nitrogens is 5. The molecule has 0 aliphatic rings. The predicted octanol–water partition coefficient (Wildman–Crippen LogP) is 4.03. The Morgan fingerprint density at radius 2 is 1.79 bits per heavy atom. The summed E-state index contributed by atoms with van der Waals surface area (Å²) in [7, 11) is 3.79. The summed E-state index contributed by atoms with van der Waals surface area (Å²) >= 11 is 5.51. The van der Waals surface area contributed by atoms with Gasteiger partial charge in [-0.1, -0.05) is 30.3 Å². The van der Waals surface area contributed by atoms with E-state index in [0.29, 0.717) is 29.4 Å². The summed E-state index contributed by atoms with van der Waals surface area (Å²) < 4.78 is 20.0. The molecular formula is C21H21FN6S. The van der Waals surface area contributed by atoms with Crippen LogP contribution in [0.5, 0.6) is 0 Å². The SMILES string of the molecule is CN(Cc1cnn(-c2ccccc2)c1)Cn1nc(-c2ccccc2F)n(C)c1=S. The first-order valence-corrected chi connectivity index (χ1v) is 9.60. The van der Waals surface area contributed by atoms with Crippen LogP contribution in [-0.2, 0) is 20.3 Å². The summed E-state index contributed by atoms with van der Waals surface area (Å²) in [6, 6.07) is 16.6. The van der Waals surface area contributed by atoms with Gasteiger partial charge in [-0.3, -0.25) is 4.90 Å². The molecule has 0 atom stereocenters. The number of halogens is 1. The van der Waals surface area contributed by atoms with Crippen molar-refractivity contribution < 1.29 is 4.39 Å². The lowest BCUT2D eigenvalue weighted by molar-refractivity contribution is 0.244. The van der Waals surface area contributed by atoms with Gasteiger partial charge in [-0.15, -0.1) is 0 Å². The van der Waals surface area contributed by atoms with E-state index in [4.69, 9.17) is 12.2 Å². The molecule has 0 bridgehead atoms. The minimum atomic E-state index is -0.315. The molecule has 4 aromatic rings. The number of hydrogen-bond acceptors (Lipinski definition) is 4. The highest BCUT2D eigenvalue weighted by molar-refractivity contribution is 7.71. The maximum absolute atomic E-state index is 14.2. The lowest BCUT2D eigenvalue weighted by Gasteiger charge is -2.15. The zero-order valence-corrected chi connectivity index (χ0v) is 17.1. The van der Waals surface area contributed by atoms with Crippen molar-refractivity contribution in [2.75, 3.05) is 7.05 Å². The van der Waals surface area contributed by atoms with Crippen molar-refractivity contribution in [3.05, 3.63) is 83.1 Å². The smallest absolute Gasteiger partial charge is 0.199 e. The molecule has 0 amide bonds. The van der Waals surface area contributed by atoms with Gasteiger partial charge in [0.25, 0.3) is 0 Å². The highest BCUT2D eigenvalue weighted by atomic mass is 32.1. The third kappa shape index (κ3) is 4.03. The van der Waals surface area contributed by atoms with Crippen molar-refractivity contribution in [1.29, 1.82) is 0 Å². The largest absolute Gasteiger partial charge is 0.303 e. The van der Waals surface area contributed by atoms with Crippen LogP contribution in [0.2, 0.25) is 0 Å². The third-order valence-corrected chi connectivity index (χ3v) is 5.12. The number of para-hydroxylation sites is 1. The van der Waals surface area contributed by atoms with E-state index in [2.05, 4.69) is 15.1 Å².